The van der Waals surface area contributed by atoms with Crippen molar-refractivity contribution in [3.63, 3.8) is 0 Å². The van der Waals surface area contributed by atoms with Gasteiger partial charge in [0.05, 0.1) is 24.2 Å². The van der Waals surface area contributed by atoms with Gasteiger partial charge in [0.1, 0.15) is 17.2 Å². The molecule has 0 amide bonds. The predicted octanol–water partition coefficient (Wildman–Crippen LogP) is 6.29. The zero-order valence-electron chi connectivity index (χ0n) is 20.0. The number of aliphatic carboxylic acids is 1. The number of hydrogen-bond donors (Lipinski definition) is 2. The number of benzene rings is 4. The first-order chi connectivity index (χ1) is 16.8. The van der Waals surface area contributed by atoms with E-state index in [0.717, 1.165) is 32.8 Å². The minimum atomic E-state index is -1.17. The minimum Gasteiger partial charge on any atom is -0.497 e. The molecule has 2 aliphatic rings. The van der Waals surface area contributed by atoms with Crippen LogP contribution in [-0.2, 0) is 10.2 Å². The highest BCUT2D eigenvalue weighted by molar-refractivity contribution is 6.14. The predicted molar refractivity (Wildman–Crippen MR) is 138 cm³/mol. The van der Waals surface area contributed by atoms with Gasteiger partial charge in [-0.1, -0.05) is 48.5 Å². The molecule has 6 rings (SSSR count). The van der Waals surface area contributed by atoms with Crippen molar-refractivity contribution in [2.75, 3.05) is 12.4 Å². The van der Waals surface area contributed by atoms with Crippen molar-refractivity contribution in [3.05, 3.63) is 72.3 Å². The fourth-order valence-electron chi connectivity index (χ4n) is 5.51. The third-order valence-corrected chi connectivity index (χ3v) is 7.58. The number of aliphatic imine (C=N–C) groups is 1. The molecule has 35 heavy (non-hydrogen) atoms. The standard InChI is InChI=1S/C29H26N2O4/c1-16(27(32)33)26-29(28(2,3)22-13-10-17-7-5-6-8-20(17)24(22)31-29)35-23-14-11-18-9-12-19(34-4)15-21(18)25(23)30-26/h5-16,31H,1-4H3,(H,32,33). The SMILES string of the molecule is COc1ccc2ccc3c(c2c1)N=C(C(C)C(=O)O)C1(Nc2c(ccc4ccccc24)C1(C)C)O3. The lowest BCUT2D eigenvalue weighted by atomic mass is 9.72. The van der Waals surface area contributed by atoms with Crippen molar-refractivity contribution < 1.29 is 19.4 Å². The molecular formula is C29H26N2O4. The van der Waals surface area contributed by atoms with Crippen LogP contribution in [0.5, 0.6) is 11.5 Å². The number of nitrogens with zero attached hydrogens (tertiary/aromatic N) is 1. The maximum atomic E-state index is 12.3. The molecule has 2 heterocycles. The second-order valence-electron chi connectivity index (χ2n) is 9.80. The molecule has 6 heteroatoms. The number of carboxylic acid groups (broad SMARTS) is 1. The first kappa shape index (κ1) is 21.5. The maximum absolute atomic E-state index is 12.3. The van der Waals surface area contributed by atoms with E-state index in [4.69, 9.17) is 14.5 Å². The Kier molecular flexibility index (Phi) is 4.43. The third-order valence-electron chi connectivity index (χ3n) is 7.58. The number of methoxy groups -OCH3 is 1. The summed E-state index contributed by atoms with van der Waals surface area (Å²) in [7, 11) is 1.62. The molecule has 4 aromatic carbocycles. The molecule has 0 saturated carbocycles. The normalized spacial score (nSPS) is 20.5. The lowest BCUT2D eigenvalue weighted by Crippen LogP contribution is -2.63. The van der Waals surface area contributed by atoms with Crippen LogP contribution < -0.4 is 14.8 Å². The van der Waals surface area contributed by atoms with Crippen molar-refractivity contribution >= 4 is 44.6 Å². The lowest BCUT2D eigenvalue weighted by Gasteiger charge is -2.45. The van der Waals surface area contributed by atoms with Crippen LogP contribution in [0.3, 0.4) is 0 Å². The quantitative estimate of drug-likeness (QED) is 0.371. The molecule has 0 aliphatic carbocycles. The Morgan fingerprint density at radius 2 is 1.74 bits per heavy atom. The number of ether oxygens (including phenoxy) is 2. The van der Waals surface area contributed by atoms with Gasteiger partial charge in [-0.25, -0.2) is 4.99 Å². The average molecular weight is 467 g/mol. The number of fused-ring (bicyclic) bond motifs is 6. The Morgan fingerprint density at radius 3 is 2.51 bits per heavy atom. The van der Waals surface area contributed by atoms with Crippen molar-refractivity contribution in [2.24, 2.45) is 10.9 Å². The fraction of sp³-hybridized carbons (Fsp3) is 0.241. The number of carboxylic acids is 1. The number of carbonyl (C=O) groups is 1. The van der Waals surface area contributed by atoms with Gasteiger partial charge in [-0.15, -0.1) is 0 Å². The van der Waals surface area contributed by atoms with Crippen LogP contribution in [0.15, 0.2) is 71.7 Å². The van der Waals surface area contributed by atoms with Gasteiger partial charge in [0.2, 0.25) is 5.72 Å². The largest absolute Gasteiger partial charge is 0.497 e. The molecule has 2 atom stereocenters. The van der Waals surface area contributed by atoms with E-state index >= 15 is 0 Å². The molecule has 0 fully saturated rings. The number of nitrogens with one attached hydrogen (secondary N) is 1. The summed E-state index contributed by atoms with van der Waals surface area (Å²) in [4.78, 5) is 17.4. The van der Waals surface area contributed by atoms with Gasteiger partial charge in [0.25, 0.3) is 0 Å². The van der Waals surface area contributed by atoms with E-state index in [0.29, 0.717) is 22.9 Å². The maximum Gasteiger partial charge on any atom is 0.312 e. The van der Waals surface area contributed by atoms with E-state index < -0.39 is 23.0 Å². The van der Waals surface area contributed by atoms with E-state index in [-0.39, 0.29) is 0 Å². The molecule has 2 unspecified atom stereocenters. The molecule has 0 radical (unpaired) electrons. The van der Waals surface area contributed by atoms with E-state index in [2.05, 4.69) is 43.4 Å². The molecule has 1 spiro atoms. The minimum absolute atomic E-state index is 0.443. The molecular weight excluding hydrogens is 440 g/mol. The molecule has 6 nitrogen and oxygen atoms in total. The van der Waals surface area contributed by atoms with Gasteiger partial charge in [-0.3, -0.25) is 4.79 Å². The summed E-state index contributed by atoms with van der Waals surface area (Å²) in [6.45, 7) is 5.83. The number of rotatable bonds is 3. The molecule has 0 bridgehead atoms. The summed E-state index contributed by atoms with van der Waals surface area (Å²) in [5.74, 6) is -0.528. The molecule has 0 aromatic heterocycles. The molecule has 4 aromatic rings. The Hall–Kier alpha value is -4.06. The van der Waals surface area contributed by atoms with Crippen molar-refractivity contribution in [3.8, 4) is 11.5 Å². The zero-order chi connectivity index (χ0) is 24.5. The van der Waals surface area contributed by atoms with Crippen molar-refractivity contribution in [1.29, 1.82) is 0 Å². The van der Waals surface area contributed by atoms with Crippen molar-refractivity contribution in [1.82, 2.24) is 0 Å². The van der Waals surface area contributed by atoms with Gasteiger partial charge >= 0.3 is 5.97 Å². The van der Waals surface area contributed by atoms with Gasteiger partial charge in [-0.2, -0.15) is 0 Å². The van der Waals surface area contributed by atoms with Gasteiger partial charge in [0, 0.05) is 16.5 Å². The summed E-state index contributed by atoms with van der Waals surface area (Å²) < 4.78 is 12.3. The van der Waals surface area contributed by atoms with Crippen LogP contribution in [-0.4, -0.2) is 29.6 Å². The zero-order valence-corrected chi connectivity index (χ0v) is 20.0. The van der Waals surface area contributed by atoms with Crippen LogP contribution in [0, 0.1) is 5.92 Å². The van der Waals surface area contributed by atoms with Crippen molar-refractivity contribution in [2.45, 2.75) is 31.9 Å². The Bertz CT molecular complexity index is 1570. The summed E-state index contributed by atoms with van der Waals surface area (Å²) in [5, 5.41) is 17.7. The Labute approximate surface area is 203 Å². The topological polar surface area (TPSA) is 80.2 Å². The second kappa shape index (κ2) is 7.22. The molecule has 0 saturated heterocycles. The fourth-order valence-corrected chi connectivity index (χ4v) is 5.51. The third kappa shape index (κ3) is 2.83. The monoisotopic (exact) mass is 466 g/mol. The first-order valence-electron chi connectivity index (χ1n) is 11.7. The first-order valence-corrected chi connectivity index (χ1v) is 11.7. The van der Waals surface area contributed by atoms with Gasteiger partial charge < -0.3 is 19.9 Å². The second-order valence-corrected chi connectivity index (χ2v) is 9.80. The van der Waals surface area contributed by atoms with Crippen LogP contribution in [0.2, 0.25) is 0 Å². The highest BCUT2D eigenvalue weighted by atomic mass is 16.5. The summed E-state index contributed by atoms with van der Waals surface area (Å²) in [6, 6.07) is 22.1. The van der Waals surface area contributed by atoms with Crippen LogP contribution in [0.4, 0.5) is 11.4 Å². The van der Waals surface area contributed by atoms with E-state index in [9.17, 15) is 9.90 Å². The lowest BCUT2D eigenvalue weighted by molar-refractivity contribution is -0.139. The summed E-state index contributed by atoms with van der Waals surface area (Å²) in [6.07, 6.45) is 0. The smallest absolute Gasteiger partial charge is 0.312 e. The van der Waals surface area contributed by atoms with Crippen LogP contribution in [0.25, 0.3) is 21.5 Å². The Morgan fingerprint density at radius 1 is 1.03 bits per heavy atom. The summed E-state index contributed by atoms with van der Waals surface area (Å²) in [5.41, 5.74) is 1.29. The number of hydrogen-bond acceptors (Lipinski definition) is 5. The van der Waals surface area contributed by atoms with E-state index in [1.54, 1.807) is 14.0 Å². The summed E-state index contributed by atoms with van der Waals surface area (Å²) >= 11 is 0. The Balaban J connectivity index is 1.63. The number of anilines is 1. The highest BCUT2D eigenvalue weighted by Crippen LogP contribution is 2.55. The molecule has 176 valence electrons. The highest BCUT2D eigenvalue weighted by Gasteiger charge is 2.61. The van der Waals surface area contributed by atoms with Crippen LogP contribution in [0.1, 0.15) is 26.3 Å². The molecule has 2 aliphatic heterocycles. The van der Waals surface area contributed by atoms with E-state index in [1.807, 2.05) is 42.5 Å². The van der Waals surface area contributed by atoms with Gasteiger partial charge in [-0.05, 0) is 55.3 Å². The van der Waals surface area contributed by atoms with E-state index in [1.165, 1.54) is 0 Å². The van der Waals surface area contributed by atoms with Gasteiger partial charge in [0.15, 0.2) is 0 Å². The average Bonchev–Trinajstić information content (AvgIpc) is 3.09. The molecule has 2 N–H and O–H groups in total. The van der Waals surface area contributed by atoms with Crippen LogP contribution >= 0.6 is 0 Å².